The van der Waals surface area contributed by atoms with E-state index in [-0.39, 0.29) is 5.78 Å². The summed E-state index contributed by atoms with van der Waals surface area (Å²) >= 11 is 2.73. The third-order valence-corrected chi connectivity index (χ3v) is 5.21. The van der Waals surface area contributed by atoms with E-state index in [1.165, 1.54) is 22.7 Å². The van der Waals surface area contributed by atoms with E-state index in [9.17, 15) is 10.1 Å². The number of rotatable bonds is 4. The highest BCUT2D eigenvalue weighted by molar-refractivity contribution is 7.13. The molecule has 5 heteroatoms. The van der Waals surface area contributed by atoms with Crippen molar-refractivity contribution >= 4 is 28.5 Å². The highest BCUT2D eigenvalue weighted by Gasteiger charge is 2.27. The monoisotopic (exact) mass is 324 g/mol. The molecule has 0 aliphatic carbocycles. The van der Waals surface area contributed by atoms with Gasteiger partial charge in [0.05, 0.1) is 10.9 Å². The van der Waals surface area contributed by atoms with Crippen molar-refractivity contribution in [3.63, 3.8) is 0 Å². The molecule has 3 rings (SSSR count). The van der Waals surface area contributed by atoms with Gasteiger partial charge in [-0.15, -0.1) is 22.7 Å². The van der Waals surface area contributed by atoms with E-state index in [0.29, 0.717) is 9.88 Å². The Morgan fingerprint density at radius 2 is 2.00 bits per heavy atom. The molecule has 0 radical (unpaired) electrons. The lowest BCUT2D eigenvalue weighted by atomic mass is 9.99. The maximum absolute atomic E-state index is 12.8. The lowest BCUT2D eigenvalue weighted by Crippen LogP contribution is -2.10. The maximum Gasteiger partial charge on any atom is 0.197 e. The Balaban J connectivity index is 2.00. The number of thiazole rings is 1. The third kappa shape index (κ3) is 2.71. The molecule has 0 saturated heterocycles. The SMILES string of the molecule is Cc1csc(C(C#N)C(=O)c2sccc2-c2ccccc2)n1. The summed E-state index contributed by atoms with van der Waals surface area (Å²) in [4.78, 5) is 17.7. The Morgan fingerprint density at radius 3 is 2.64 bits per heavy atom. The fourth-order valence-electron chi connectivity index (χ4n) is 2.21. The van der Waals surface area contributed by atoms with E-state index in [0.717, 1.165) is 16.8 Å². The molecule has 1 aromatic carbocycles. The molecule has 0 bridgehead atoms. The zero-order valence-corrected chi connectivity index (χ0v) is 13.4. The van der Waals surface area contributed by atoms with Gasteiger partial charge in [0.25, 0.3) is 0 Å². The Kier molecular flexibility index (Phi) is 4.14. The number of hydrogen-bond donors (Lipinski definition) is 0. The molecule has 0 aliphatic heterocycles. The smallest absolute Gasteiger partial charge is 0.197 e. The third-order valence-electron chi connectivity index (χ3n) is 3.25. The summed E-state index contributed by atoms with van der Waals surface area (Å²) < 4.78 is 0. The topological polar surface area (TPSA) is 53.8 Å². The van der Waals surface area contributed by atoms with Crippen molar-refractivity contribution in [1.29, 1.82) is 5.26 Å². The first kappa shape index (κ1) is 14.6. The van der Waals surface area contributed by atoms with Crippen molar-refractivity contribution in [3.05, 3.63) is 62.7 Å². The summed E-state index contributed by atoms with van der Waals surface area (Å²) in [5, 5.41) is 13.7. The lowest BCUT2D eigenvalue weighted by molar-refractivity contribution is 0.0983. The van der Waals surface area contributed by atoms with Crippen LogP contribution in [0.15, 0.2) is 47.2 Å². The van der Waals surface area contributed by atoms with E-state index in [1.807, 2.05) is 54.1 Å². The minimum Gasteiger partial charge on any atom is -0.291 e. The number of hydrogen-bond acceptors (Lipinski definition) is 5. The molecule has 1 atom stereocenters. The molecule has 3 aromatic rings. The van der Waals surface area contributed by atoms with Crippen LogP contribution < -0.4 is 0 Å². The van der Waals surface area contributed by atoms with Gasteiger partial charge in [-0.25, -0.2) is 4.98 Å². The van der Waals surface area contributed by atoms with Crippen molar-refractivity contribution < 1.29 is 4.79 Å². The highest BCUT2D eigenvalue weighted by atomic mass is 32.1. The molecule has 0 fully saturated rings. The fourth-order valence-corrected chi connectivity index (χ4v) is 3.93. The number of nitriles is 1. The van der Waals surface area contributed by atoms with Crippen LogP contribution in [0.25, 0.3) is 11.1 Å². The van der Waals surface area contributed by atoms with Gasteiger partial charge < -0.3 is 0 Å². The molecule has 0 saturated carbocycles. The first-order chi connectivity index (χ1) is 10.7. The number of aryl methyl sites for hydroxylation is 1. The number of ketones is 1. The van der Waals surface area contributed by atoms with Gasteiger partial charge in [0.1, 0.15) is 5.01 Å². The number of carbonyl (C=O) groups excluding carboxylic acids is 1. The zero-order chi connectivity index (χ0) is 15.5. The minimum absolute atomic E-state index is 0.175. The van der Waals surface area contributed by atoms with Gasteiger partial charge in [0.2, 0.25) is 0 Å². The normalized spacial score (nSPS) is 11.8. The largest absolute Gasteiger partial charge is 0.291 e. The molecule has 0 spiro atoms. The van der Waals surface area contributed by atoms with Gasteiger partial charge in [-0.2, -0.15) is 5.26 Å². The number of Topliss-reactive ketones (excluding diaryl/α,β-unsaturated/α-hetero) is 1. The second-order valence-corrected chi connectivity index (χ2v) is 6.59. The molecule has 2 aromatic heterocycles. The Labute approximate surface area is 136 Å². The van der Waals surface area contributed by atoms with Crippen molar-refractivity contribution in [1.82, 2.24) is 4.98 Å². The Bertz CT molecular complexity index is 843. The van der Waals surface area contributed by atoms with Crippen LogP contribution in [0, 0.1) is 18.3 Å². The molecule has 0 aliphatic rings. The fraction of sp³-hybridized carbons (Fsp3) is 0.118. The minimum atomic E-state index is -0.834. The van der Waals surface area contributed by atoms with Gasteiger partial charge in [-0.05, 0) is 23.9 Å². The number of aromatic nitrogens is 1. The van der Waals surface area contributed by atoms with Crippen molar-refractivity contribution in [2.24, 2.45) is 0 Å². The number of carbonyl (C=O) groups is 1. The van der Waals surface area contributed by atoms with Crippen LogP contribution in [0.5, 0.6) is 0 Å². The summed E-state index contributed by atoms with van der Waals surface area (Å²) in [5.74, 6) is -1.01. The van der Waals surface area contributed by atoms with Gasteiger partial charge >= 0.3 is 0 Å². The van der Waals surface area contributed by atoms with E-state index in [4.69, 9.17) is 0 Å². The number of thiophene rings is 1. The summed E-state index contributed by atoms with van der Waals surface area (Å²) in [7, 11) is 0. The quantitative estimate of drug-likeness (QED) is 0.655. The number of benzene rings is 1. The average molecular weight is 324 g/mol. The molecule has 0 amide bonds. The molecular formula is C17H12N2OS2. The van der Waals surface area contributed by atoms with Crippen molar-refractivity contribution in [2.45, 2.75) is 12.8 Å². The summed E-state index contributed by atoms with van der Waals surface area (Å²) in [6, 6.07) is 13.8. The molecule has 2 heterocycles. The second kappa shape index (κ2) is 6.22. The van der Waals surface area contributed by atoms with Gasteiger partial charge in [0.15, 0.2) is 11.7 Å². The zero-order valence-electron chi connectivity index (χ0n) is 11.8. The molecule has 108 valence electrons. The molecule has 22 heavy (non-hydrogen) atoms. The van der Waals surface area contributed by atoms with Crippen LogP contribution in [0.3, 0.4) is 0 Å². The first-order valence-electron chi connectivity index (χ1n) is 6.69. The summed E-state index contributed by atoms with van der Waals surface area (Å²) in [6.07, 6.45) is 0. The molecular weight excluding hydrogens is 312 g/mol. The van der Waals surface area contributed by atoms with Crippen molar-refractivity contribution in [3.8, 4) is 17.2 Å². The van der Waals surface area contributed by atoms with Crippen LogP contribution >= 0.6 is 22.7 Å². The predicted molar refractivity (Wildman–Crippen MR) is 89.3 cm³/mol. The van der Waals surface area contributed by atoms with Crippen LogP contribution in [0.2, 0.25) is 0 Å². The molecule has 1 unspecified atom stereocenters. The molecule has 0 N–H and O–H groups in total. The maximum atomic E-state index is 12.8. The van der Waals surface area contributed by atoms with Gasteiger partial charge in [-0.1, -0.05) is 30.3 Å². The van der Waals surface area contributed by atoms with Crippen LogP contribution in [-0.4, -0.2) is 10.8 Å². The van der Waals surface area contributed by atoms with Crippen LogP contribution in [0.4, 0.5) is 0 Å². The predicted octanol–water partition coefficient (Wildman–Crippen LogP) is 4.67. The summed E-state index contributed by atoms with van der Waals surface area (Å²) in [6.45, 7) is 1.86. The average Bonchev–Trinajstić information content (AvgIpc) is 3.18. The second-order valence-electron chi connectivity index (χ2n) is 4.78. The Morgan fingerprint density at radius 1 is 1.23 bits per heavy atom. The number of nitrogens with zero attached hydrogens (tertiary/aromatic N) is 2. The Hall–Kier alpha value is -2.29. The highest BCUT2D eigenvalue weighted by Crippen LogP contribution is 2.33. The lowest BCUT2D eigenvalue weighted by Gasteiger charge is -2.06. The standard InChI is InChI=1S/C17H12N2OS2/c1-11-10-22-17(19-11)14(9-18)15(20)16-13(7-8-21-16)12-5-3-2-4-6-12/h2-8,10,14H,1H3. The van der Waals surface area contributed by atoms with E-state index < -0.39 is 5.92 Å². The van der Waals surface area contributed by atoms with Crippen molar-refractivity contribution in [2.75, 3.05) is 0 Å². The van der Waals surface area contributed by atoms with E-state index in [2.05, 4.69) is 11.1 Å². The van der Waals surface area contributed by atoms with Gasteiger partial charge in [0, 0.05) is 16.6 Å². The molecule has 3 nitrogen and oxygen atoms in total. The van der Waals surface area contributed by atoms with E-state index in [1.54, 1.807) is 0 Å². The van der Waals surface area contributed by atoms with E-state index >= 15 is 0 Å². The van der Waals surface area contributed by atoms with Crippen LogP contribution in [-0.2, 0) is 0 Å². The van der Waals surface area contributed by atoms with Crippen LogP contribution in [0.1, 0.15) is 26.3 Å². The first-order valence-corrected chi connectivity index (χ1v) is 8.45. The summed E-state index contributed by atoms with van der Waals surface area (Å²) in [5.41, 5.74) is 2.70. The van der Waals surface area contributed by atoms with Gasteiger partial charge in [-0.3, -0.25) is 4.79 Å².